The maximum Gasteiger partial charge on any atom is 0.326 e. The number of anilines is 1. The van der Waals surface area contributed by atoms with Gasteiger partial charge in [0.05, 0.1) is 4.92 Å². The lowest BCUT2D eigenvalue weighted by molar-refractivity contribution is -0.384. The first-order valence-corrected chi connectivity index (χ1v) is 8.51. The lowest BCUT2D eigenvalue weighted by Gasteiger charge is -2.18. The molecule has 1 heterocycles. The second kappa shape index (κ2) is 8.46. The number of carboxylic acids is 1. The van der Waals surface area contributed by atoms with E-state index in [2.05, 4.69) is 5.32 Å². The minimum Gasteiger partial charge on any atom is -0.480 e. The van der Waals surface area contributed by atoms with Crippen LogP contribution in [0.2, 0.25) is 0 Å². The molecule has 0 aliphatic carbocycles. The average Bonchev–Trinajstić information content (AvgIpc) is 3.11. The second-order valence-corrected chi connectivity index (χ2v) is 6.16. The predicted octanol–water partition coefficient (Wildman–Crippen LogP) is 2.57. The van der Waals surface area contributed by atoms with E-state index in [9.17, 15) is 24.8 Å². The molecule has 1 saturated heterocycles. The zero-order chi connectivity index (χ0) is 18.4. The van der Waals surface area contributed by atoms with E-state index < -0.39 is 22.8 Å². The monoisotopic (exact) mass is 349 g/mol. The number of nitro groups is 1. The molecule has 1 aliphatic heterocycles. The standard InChI is InChI=1S/C17H23N3O5/c1-2-3-6-13(17(22)23)18-16(21)12-7-8-14(15(11-12)20(24)25)19-9-4-5-10-19/h7-8,11,13H,2-6,9-10H2,1H3,(H,18,21)(H,22,23). The van der Waals surface area contributed by atoms with Crippen molar-refractivity contribution < 1.29 is 19.6 Å². The number of carboxylic acid groups (broad SMARTS) is 1. The Morgan fingerprint density at radius 1 is 1.36 bits per heavy atom. The number of aliphatic carboxylic acids is 1. The zero-order valence-corrected chi connectivity index (χ0v) is 14.2. The van der Waals surface area contributed by atoms with Gasteiger partial charge in [0, 0.05) is 24.7 Å². The maximum absolute atomic E-state index is 12.3. The number of amides is 1. The van der Waals surface area contributed by atoms with Gasteiger partial charge in [0.2, 0.25) is 0 Å². The molecule has 2 N–H and O–H groups in total. The molecule has 1 aliphatic rings. The number of nitro benzene ring substituents is 1. The van der Waals surface area contributed by atoms with Gasteiger partial charge in [-0.05, 0) is 31.4 Å². The van der Waals surface area contributed by atoms with Crippen molar-refractivity contribution in [3.63, 3.8) is 0 Å². The van der Waals surface area contributed by atoms with Crippen LogP contribution in [0.4, 0.5) is 11.4 Å². The van der Waals surface area contributed by atoms with Gasteiger partial charge in [0.1, 0.15) is 11.7 Å². The molecule has 0 bridgehead atoms. The summed E-state index contributed by atoms with van der Waals surface area (Å²) in [5.41, 5.74) is 0.465. The number of carbonyl (C=O) groups excluding carboxylic acids is 1. The summed E-state index contributed by atoms with van der Waals surface area (Å²) in [6, 6.07) is 3.31. The normalized spacial score (nSPS) is 15.0. The van der Waals surface area contributed by atoms with Crippen molar-refractivity contribution in [2.75, 3.05) is 18.0 Å². The molecule has 0 spiro atoms. The van der Waals surface area contributed by atoms with Crippen LogP contribution in [-0.2, 0) is 4.79 Å². The number of carbonyl (C=O) groups is 2. The van der Waals surface area contributed by atoms with Crippen molar-refractivity contribution in [3.05, 3.63) is 33.9 Å². The third kappa shape index (κ3) is 4.68. The fraction of sp³-hybridized carbons (Fsp3) is 0.529. The highest BCUT2D eigenvalue weighted by Gasteiger charge is 2.25. The highest BCUT2D eigenvalue weighted by molar-refractivity contribution is 5.97. The molecule has 0 aromatic heterocycles. The highest BCUT2D eigenvalue weighted by Crippen LogP contribution is 2.31. The van der Waals surface area contributed by atoms with E-state index in [1.807, 2.05) is 11.8 Å². The molecule has 8 nitrogen and oxygen atoms in total. The number of rotatable bonds is 8. The largest absolute Gasteiger partial charge is 0.480 e. The van der Waals surface area contributed by atoms with Crippen LogP contribution in [0.25, 0.3) is 0 Å². The van der Waals surface area contributed by atoms with Gasteiger partial charge in [-0.15, -0.1) is 0 Å². The van der Waals surface area contributed by atoms with E-state index in [-0.39, 0.29) is 11.3 Å². The molecular weight excluding hydrogens is 326 g/mol. The summed E-state index contributed by atoms with van der Waals surface area (Å²) < 4.78 is 0. The van der Waals surface area contributed by atoms with Gasteiger partial charge in [-0.1, -0.05) is 19.8 Å². The molecule has 0 saturated carbocycles. The first kappa shape index (κ1) is 18.7. The fourth-order valence-electron chi connectivity index (χ4n) is 2.94. The van der Waals surface area contributed by atoms with Crippen molar-refractivity contribution >= 4 is 23.3 Å². The lowest BCUT2D eigenvalue weighted by Crippen LogP contribution is -2.40. The van der Waals surface area contributed by atoms with Crippen LogP contribution in [0.3, 0.4) is 0 Å². The molecule has 1 amide bonds. The number of nitrogens with one attached hydrogen (secondary N) is 1. The third-order valence-electron chi connectivity index (χ3n) is 4.33. The van der Waals surface area contributed by atoms with Crippen LogP contribution < -0.4 is 10.2 Å². The van der Waals surface area contributed by atoms with E-state index in [1.165, 1.54) is 12.1 Å². The number of hydrogen-bond donors (Lipinski definition) is 2. The SMILES string of the molecule is CCCCC(NC(=O)c1ccc(N2CCCC2)c([N+](=O)[O-])c1)C(=O)O. The predicted molar refractivity (Wildman–Crippen MR) is 93.0 cm³/mol. The van der Waals surface area contributed by atoms with Gasteiger partial charge in [0.15, 0.2) is 0 Å². The first-order chi connectivity index (χ1) is 11.9. The Morgan fingerprint density at radius 2 is 2.04 bits per heavy atom. The van der Waals surface area contributed by atoms with Crippen molar-refractivity contribution in [1.82, 2.24) is 5.32 Å². The van der Waals surface area contributed by atoms with E-state index in [0.717, 1.165) is 32.4 Å². The average molecular weight is 349 g/mol. The molecule has 2 rings (SSSR count). The van der Waals surface area contributed by atoms with E-state index in [1.54, 1.807) is 6.07 Å². The molecular formula is C17H23N3O5. The van der Waals surface area contributed by atoms with Crippen molar-refractivity contribution in [2.24, 2.45) is 0 Å². The molecule has 136 valence electrons. The van der Waals surface area contributed by atoms with Gasteiger partial charge < -0.3 is 15.3 Å². The highest BCUT2D eigenvalue weighted by atomic mass is 16.6. The Bertz CT molecular complexity index is 656. The summed E-state index contributed by atoms with van der Waals surface area (Å²) in [6.45, 7) is 3.44. The molecule has 0 radical (unpaired) electrons. The lowest BCUT2D eigenvalue weighted by atomic mass is 10.1. The van der Waals surface area contributed by atoms with Crippen molar-refractivity contribution in [2.45, 2.75) is 45.1 Å². The summed E-state index contributed by atoms with van der Waals surface area (Å²) in [6.07, 6.45) is 3.78. The van der Waals surface area contributed by atoms with Crippen LogP contribution in [0, 0.1) is 10.1 Å². The Labute approximate surface area is 146 Å². The zero-order valence-electron chi connectivity index (χ0n) is 14.2. The fourth-order valence-corrected chi connectivity index (χ4v) is 2.94. The van der Waals surface area contributed by atoms with Crippen LogP contribution in [-0.4, -0.2) is 41.0 Å². The van der Waals surface area contributed by atoms with Gasteiger partial charge in [-0.2, -0.15) is 0 Å². The molecule has 1 unspecified atom stereocenters. The Hall–Kier alpha value is -2.64. The summed E-state index contributed by atoms with van der Waals surface area (Å²) in [7, 11) is 0. The number of nitrogens with zero attached hydrogens (tertiary/aromatic N) is 2. The Morgan fingerprint density at radius 3 is 2.60 bits per heavy atom. The number of hydrogen-bond acceptors (Lipinski definition) is 5. The Balaban J connectivity index is 2.20. The molecule has 1 aromatic rings. The van der Waals surface area contributed by atoms with Crippen LogP contribution in [0.15, 0.2) is 18.2 Å². The minimum absolute atomic E-state index is 0.0948. The van der Waals surface area contributed by atoms with Gasteiger partial charge in [0.25, 0.3) is 11.6 Å². The summed E-state index contributed by atoms with van der Waals surface area (Å²) >= 11 is 0. The quantitative estimate of drug-likeness (QED) is 0.551. The van der Waals surface area contributed by atoms with Crippen LogP contribution in [0.1, 0.15) is 49.4 Å². The van der Waals surface area contributed by atoms with E-state index >= 15 is 0 Å². The van der Waals surface area contributed by atoms with Gasteiger partial charge in [-0.3, -0.25) is 14.9 Å². The Kier molecular flexibility index (Phi) is 6.32. The molecule has 25 heavy (non-hydrogen) atoms. The van der Waals surface area contributed by atoms with Crippen LogP contribution >= 0.6 is 0 Å². The number of benzene rings is 1. The summed E-state index contributed by atoms with van der Waals surface area (Å²) in [5.74, 6) is -1.72. The van der Waals surface area contributed by atoms with Crippen molar-refractivity contribution in [1.29, 1.82) is 0 Å². The third-order valence-corrected chi connectivity index (χ3v) is 4.33. The first-order valence-electron chi connectivity index (χ1n) is 8.51. The maximum atomic E-state index is 12.3. The van der Waals surface area contributed by atoms with Crippen LogP contribution in [0.5, 0.6) is 0 Å². The molecule has 1 atom stereocenters. The van der Waals surface area contributed by atoms with Gasteiger partial charge >= 0.3 is 5.97 Å². The molecule has 1 fully saturated rings. The van der Waals surface area contributed by atoms with E-state index in [4.69, 9.17) is 0 Å². The summed E-state index contributed by atoms with van der Waals surface area (Å²) in [4.78, 5) is 36.4. The number of unbranched alkanes of at least 4 members (excludes halogenated alkanes) is 1. The smallest absolute Gasteiger partial charge is 0.326 e. The van der Waals surface area contributed by atoms with E-state index in [0.29, 0.717) is 18.5 Å². The topological polar surface area (TPSA) is 113 Å². The summed E-state index contributed by atoms with van der Waals surface area (Å²) in [5, 5.41) is 23.0. The van der Waals surface area contributed by atoms with Crippen molar-refractivity contribution in [3.8, 4) is 0 Å². The molecule has 1 aromatic carbocycles. The molecule has 8 heteroatoms. The minimum atomic E-state index is -1.11. The van der Waals surface area contributed by atoms with Gasteiger partial charge in [-0.25, -0.2) is 4.79 Å². The second-order valence-electron chi connectivity index (χ2n) is 6.16.